The maximum absolute atomic E-state index is 10.6. The van der Waals surface area contributed by atoms with Crippen LogP contribution in [0.25, 0.3) is 0 Å². The van der Waals surface area contributed by atoms with E-state index < -0.39 is 4.92 Å². The molecule has 4 aromatic carbocycles. The Kier molecular flexibility index (Phi) is 15.6. The average molecular weight is 621 g/mol. The normalized spacial score (nSPS) is 10.1. The van der Waals surface area contributed by atoms with Gasteiger partial charge in [-0.05, 0) is 48.6 Å². The summed E-state index contributed by atoms with van der Waals surface area (Å²) >= 11 is 3.30. The zero-order chi connectivity index (χ0) is 29.9. The van der Waals surface area contributed by atoms with Gasteiger partial charge in [0.05, 0.1) is 9.85 Å². The molecule has 0 amide bonds. The molecule has 0 radical (unpaired) electrons. The van der Waals surface area contributed by atoms with Crippen LogP contribution in [0.1, 0.15) is 35.6 Å². The Balaban J connectivity index is 0.000000237. The van der Waals surface area contributed by atoms with Crippen molar-refractivity contribution >= 4 is 27.3 Å². The topological polar surface area (TPSA) is 89.5 Å². The maximum atomic E-state index is 10.6. The first-order chi connectivity index (χ1) is 19.8. The van der Waals surface area contributed by atoms with Crippen molar-refractivity contribution in [1.29, 1.82) is 0 Å². The van der Waals surface area contributed by atoms with Gasteiger partial charge in [0.25, 0.3) is 11.4 Å². The Labute approximate surface area is 251 Å². The molecule has 0 heterocycles. The van der Waals surface area contributed by atoms with Gasteiger partial charge in [-0.25, -0.2) is 0 Å². The van der Waals surface area contributed by atoms with Crippen molar-refractivity contribution < 1.29 is 9.85 Å². The Morgan fingerprint density at radius 2 is 1.02 bits per heavy atom. The first kappa shape index (κ1) is 33.3. The summed E-state index contributed by atoms with van der Waals surface area (Å²) in [5.41, 5.74) is 5.26. The van der Waals surface area contributed by atoms with Gasteiger partial charge in [-0.15, -0.1) is 0 Å². The molecule has 0 saturated carbocycles. The molecule has 0 atom stereocenters. The summed E-state index contributed by atoms with van der Waals surface area (Å²) < 4.78 is 0. The number of rotatable bonds is 11. The number of nitro benzene ring substituents is 2. The molecule has 4 aromatic rings. The molecule has 0 bridgehead atoms. The second-order valence-electron chi connectivity index (χ2n) is 9.50. The predicted molar refractivity (Wildman–Crippen MR) is 171 cm³/mol. The Bertz CT molecular complexity index is 1290. The van der Waals surface area contributed by atoms with Gasteiger partial charge >= 0.3 is 0 Å². The zero-order valence-corrected chi connectivity index (χ0v) is 25.3. The Morgan fingerprint density at radius 3 is 1.44 bits per heavy atom. The van der Waals surface area contributed by atoms with Gasteiger partial charge in [0.1, 0.15) is 0 Å². The Hall–Kier alpha value is -3.88. The van der Waals surface area contributed by atoms with Gasteiger partial charge < -0.3 is 4.90 Å². The quantitative estimate of drug-likeness (QED) is 0.0954. The minimum absolute atomic E-state index is 0.145. The predicted octanol–water partition coefficient (Wildman–Crippen LogP) is 8.44. The first-order valence-corrected chi connectivity index (χ1v) is 14.7. The molecule has 216 valence electrons. The smallest absolute Gasteiger partial charge is 0.269 e. The van der Waals surface area contributed by atoms with Crippen molar-refractivity contribution in [1.82, 2.24) is 4.90 Å². The lowest BCUT2D eigenvalue weighted by atomic mass is 10.1. The standard InChI is InChI=1S/C16H18N2O2.C9H12.C8H8BrNO2/c1-17(13-15-5-3-2-4-6-15)12-11-14-7-9-16(10-8-14)18(19)20;1-2-6-9-7-4-3-5-8-9;9-6-5-7-1-3-8(4-2-7)10(11)12/h2-10H,11-13H2,1H3;3-5,7-8H,2,6H2,1H3;1-4H,5-6H2. The van der Waals surface area contributed by atoms with Gasteiger partial charge in [-0.3, -0.25) is 20.2 Å². The molecular weight excluding hydrogens is 582 g/mol. The van der Waals surface area contributed by atoms with Crippen LogP contribution in [0, 0.1) is 20.2 Å². The number of alkyl halides is 1. The lowest BCUT2D eigenvalue weighted by molar-refractivity contribution is -0.385. The summed E-state index contributed by atoms with van der Waals surface area (Å²) in [6.45, 7) is 4.04. The molecule has 41 heavy (non-hydrogen) atoms. The summed E-state index contributed by atoms with van der Waals surface area (Å²) in [7, 11) is 2.08. The molecule has 7 nitrogen and oxygen atoms in total. The van der Waals surface area contributed by atoms with Gasteiger partial charge in [0.2, 0.25) is 0 Å². The van der Waals surface area contributed by atoms with Crippen molar-refractivity contribution in [3.8, 4) is 0 Å². The third-order valence-corrected chi connectivity index (χ3v) is 6.53. The zero-order valence-electron chi connectivity index (χ0n) is 23.7. The van der Waals surface area contributed by atoms with Crippen molar-refractivity contribution in [3.63, 3.8) is 0 Å². The second-order valence-corrected chi connectivity index (χ2v) is 10.3. The molecule has 0 aliphatic carbocycles. The lowest BCUT2D eigenvalue weighted by Crippen LogP contribution is -2.20. The van der Waals surface area contributed by atoms with Crippen LogP contribution in [0.5, 0.6) is 0 Å². The van der Waals surface area contributed by atoms with Crippen LogP contribution in [0.4, 0.5) is 11.4 Å². The third kappa shape index (κ3) is 13.8. The largest absolute Gasteiger partial charge is 0.302 e. The number of benzene rings is 4. The highest BCUT2D eigenvalue weighted by atomic mass is 79.9. The number of non-ortho nitro benzene ring substituents is 2. The SMILES string of the molecule is CCCc1ccccc1.CN(CCc1ccc([N+](=O)[O-])cc1)Cc1ccccc1.O=[N+]([O-])c1ccc(CCBr)cc1. The molecule has 0 aliphatic rings. The molecule has 0 spiro atoms. The lowest BCUT2D eigenvalue weighted by Gasteiger charge is -2.16. The number of nitrogens with zero attached hydrogens (tertiary/aromatic N) is 3. The van der Waals surface area contributed by atoms with E-state index in [1.54, 1.807) is 24.3 Å². The minimum Gasteiger partial charge on any atom is -0.302 e. The van der Waals surface area contributed by atoms with E-state index in [1.807, 2.05) is 30.3 Å². The van der Waals surface area contributed by atoms with Crippen molar-refractivity contribution in [2.45, 2.75) is 39.2 Å². The highest BCUT2D eigenvalue weighted by molar-refractivity contribution is 9.09. The van der Waals surface area contributed by atoms with Crippen LogP contribution in [-0.2, 0) is 25.8 Å². The number of halogens is 1. The van der Waals surface area contributed by atoms with E-state index in [-0.39, 0.29) is 16.3 Å². The molecule has 0 aliphatic heterocycles. The second kappa shape index (κ2) is 19.2. The minimum atomic E-state index is -0.391. The molecular formula is C33H38BrN3O4. The number of hydrogen-bond acceptors (Lipinski definition) is 5. The molecule has 0 saturated heterocycles. The fourth-order valence-corrected chi connectivity index (χ4v) is 4.36. The van der Waals surface area contributed by atoms with E-state index in [0.29, 0.717) is 0 Å². The van der Waals surface area contributed by atoms with E-state index >= 15 is 0 Å². The van der Waals surface area contributed by atoms with E-state index in [2.05, 4.69) is 77.3 Å². The molecule has 0 aromatic heterocycles. The number of hydrogen-bond donors (Lipinski definition) is 0. The van der Waals surface area contributed by atoms with E-state index in [9.17, 15) is 20.2 Å². The highest BCUT2D eigenvalue weighted by Crippen LogP contribution is 2.14. The number of likely N-dealkylation sites (N-methyl/N-ethyl adjacent to an activating group) is 1. The van der Waals surface area contributed by atoms with Crippen LogP contribution in [-0.4, -0.2) is 33.7 Å². The monoisotopic (exact) mass is 619 g/mol. The molecule has 4 rings (SSSR count). The van der Waals surface area contributed by atoms with E-state index in [1.165, 1.54) is 36.1 Å². The Morgan fingerprint density at radius 1 is 0.610 bits per heavy atom. The van der Waals surface area contributed by atoms with Crippen molar-refractivity contribution in [2.24, 2.45) is 0 Å². The average Bonchev–Trinajstić information content (AvgIpc) is 2.99. The highest BCUT2D eigenvalue weighted by Gasteiger charge is 2.05. The van der Waals surface area contributed by atoms with Crippen LogP contribution in [0.2, 0.25) is 0 Å². The van der Waals surface area contributed by atoms with Gasteiger partial charge in [-0.2, -0.15) is 0 Å². The van der Waals surface area contributed by atoms with Gasteiger partial charge in [0, 0.05) is 42.7 Å². The first-order valence-electron chi connectivity index (χ1n) is 13.6. The summed E-state index contributed by atoms with van der Waals surface area (Å²) in [5, 5.41) is 21.7. The van der Waals surface area contributed by atoms with Crippen LogP contribution >= 0.6 is 15.9 Å². The third-order valence-electron chi connectivity index (χ3n) is 6.14. The van der Waals surface area contributed by atoms with Crippen molar-refractivity contribution in [2.75, 3.05) is 18.9 Å². The summed E-state index contributed by atoms with van der Waals surface area (Å²) in [6.07, 6.45) is 4.24. The molecule has 8 heteroatoms. The molecule has 0 N–H and O–H groups in total. The van der Waals surface area contributed by atoms with Gasteiger partial charge in [-0.1, -0.05) is 114 Å². The molecule has 0 fully saturated rings. The fraction of sp³-hybridized carbons (Fsp3) is 0.273. The van der Waals surface area contributed by atoms with E-state index in [0.717, 1.165) is 42.4 Å². The maximum Gasteiger partial charge on any atom is 0.269 e. The number of nitro groups is 2. The van der Waals surface area contributed by atoms with E-state index in [4.69, 9.17) is 0 Å². The van der Waals surface area contributed by atoms with Crippen LogP contribution in [0.3, 0.4) is 0 Å². The summed E-state index contributed by atoms with van der Waals surface area (Å²) in [5.74, 6) is 0. The van der Waals surface area contributed by atoms with Crippen LogP contribution in [0.15, 0.2) is 109 Å². The van der Waals surface area contributed by atoms with Gasteiger partial charge in [0.15, 0.2) is 0 Å². The fourth-order valence-electron chi connectivity index (χ4n) is 3.91. The van der Waals surface area contributed by atoms with Crippen LogP contribution < -0.4 is 0 Å². The summed E-state index contributed by atoms with van der Waals surface area (Å²) in [6, 6.07) is 34.3. The number of aryl methyl sites for hydroxylation is 2. The molecule has 0 unspecified atom stereocenters. The summed E-state index contributed by atoms with van der Waals surface area (Å²) in [4.78, 5) is 22.3. The van der Waals surface area contributed by atoms with Crippen molar-refractivity contribution in [3.05, 3.63) is 152 Å².